The Hall–Kier alpha value is -1.53. The van der Waals surface area contributed by atoms with Gasteiger partial charge in [0.1, 0.15) is 5.82 Å². The maximum atomic E-state index is 11.0. The van der Waals surface area contributed by atoms with Crippen LogP contribution in [0.25, 0.3) is 0 Å². The number of hydrogen-bond acceptors (Lipinski definition) is 4. The summed E-state index contributed by atoms with van der Waals surface area (Å²) >= 11 is 1.71. The number of fused-ring (bicyclic) bond motifs is 1. The van der Waals surface area contributed by atoms with Crippen molar-refractivity contribution in [2.75, 3.05) is 6.54 Å². The summed E-state index contributed by atoms with van der Waals surface area (Å²) in [6, 6.07) is 1.95. The predicted octanol–water partition coefficient (Wildman–Crippen LogP) is 1.87. The van der Waals surface area contributed by atoms with E-state index in [2.05, 4.69) is 13.9 Å². The average molecular weight is 276 g/mol. The molecule has 1 aliphatic rings. The molecule has 0 saturated carbocycles. The van der Waals surface area contributed by atoms with Crippen molar-refractivity contribution in [2.45, 2.75) is 24.9 Å². The van der Waals surface area contributed by atoms with Crippen LogP contribution in [0.2, 0.25) is 0 Å². The lowest BCUT2D eigenvalue weighted by Crippen LogP contribution is -2.28. The molecule has 0 bridgehead atoms. The monoisotopic (exact) mass is 276 g/mol. The molecule has 100 valence electrons. The Bertz CT molecular complexity index is 616. The number of nitrogens with zero attached hydrogens (tertiary/aromatic N) is 4. The largest absolute Gasteiger partial charge is 0.345 e. The smallest absolute Gasteiger partial charge is 0.166 e. The Labute approximate surface area is 116 Å². The number of aldehydes is 1. The fraction of sp³-hybridized carbons (Fsp3) is 0.385. The van der Waals surface area contributed by atoms with Crippen molar-refractivity contribution < 1.29 is 4.79 Å². The van der Waals surface area contributed by atoms with E-state index in [0.717, 1.165) is 48.0 Å². The fourth-order valence-corrected chi connectivity index (χ4v) is 3.34. The van der Waals surface area contributed by atoms with Gasteiger partial charge < -0.3 is 9.13 Å². The van der Waals surface area contributed by atoms with E-state index in [1.54, 1.807) is 11.9 Å². The number of hydrogen-bond donors (Lipinski definition) is 0. The first-order chi connectivity index (χ1) is 9.19. The zero-order valence-electron chi connectivity index (χ0n) is 11.0. The second-order valence-electron chi connectivity index (χ2n) is 4.69. The van der Waals surface area contributed by atoms with Gasteiger partial charge in [0, 0.05) is 43.1 Å². The highest BCUT2D eigenvalue weighted by Gasteiger charge is 2.19. The van der Waals surface area contributed by atoms with Gasteiger partial charge in [0.15, 0.2) is 6.29 Å². The minimum Gasteiger partial charge on any atom is -0.345 e. The number of rotatable bonds is 3. The molecule has 0 amide bonds. The van der Waals surface area contributed by atoms with Gasteiger partial charge in [-0.05, 0) is 24.9 Å². The molecule has 2 aromatic heterocycles. The Kier molecular flexibility index (Phi) is 3.20. The van der Waals surface area contributed by atoms with Crippen molar-refractivity contribution in [1.29, 1.82) is 0 Å². The number of carbonyl (C=O) groups is 1. The van der Waals surface area contributed by atoms with Crippen LogP contribution in [0.1, 0.15) is 22.0 Å². The van der Waals surface area contributed by atoms with E-state index >= 15 is 0 Å². The molecule has 5 nitrogen and oxygen atoms in total. The van der Waals surface area contributed by atoms with Crippen molar-refractivity contribution in [3.8, 4) is 0 Å². The molecule has 3 heterocycles. The van der Waals surface area contributed by atoms with Crippen molar-refractivity contribution >= 4 is 18.2 Å². The first-order valence-corrected chi connectivity index (χ1v) is 7.01. The Balaban J connectivity index is 1.78. The second kappa shape index (κ2) is 4.86. The van der Waals surface area contributed by atoms with Gasteiger partial charge in [-0.3, -0.25) is 4.79 Å². The number of aromatic nitrogens is 3. The van der Waals surface area contributed by atoms with Gasteiger partial charge in [-0.25, -0.2) is 9.29 Å². The van der Waals surface area contributed by atoms with Crippen LogP contribution in [-0.4, -0.2) is 31.3 Å². The van der Waals surface area contributed by atoms with Crippen LogP contribution in [0.15, 0.2) is 23.4 Å². The van der Waals surface area contributed by atoms with Gasteiger partial charge >= 0.3 is 0 Å². The van der Waals surface area contributed by atoms with Crippen LogP contribution in [0.4, 0.5) is 0 Å². The van der Waals surface area contributed by atoms with Crippen molar-refractivity contribution in [3.63, 3.8) is 0 Å². The lowest BCUT2D eigenvalue weighted by atomic mass is 10.4. The number of imidazole rings is 1. The van der Waals surface area contributed by atoms with Crippen molar-refractivity contribution in [1.82, 2.24) is 18.4 Å². The zero-order chi connectivity index (χ0) is 13.4. The summed E-state index contributed by atoms with van der Waals surface area (Å²) in [4.78, 5) is 16.5. The summed E-state index contributed by atoms with van der Waals surface area (Å²) in [7, 11) is 1.92. The predicted molar refractivity (Wildman–Crippen MR) is 74.0 cm³/mol. The topological polar surface area (TPSA) is 43.1 Å². The maximum Gasteiger partial charge on any atom is 0.166 e. The van der Waals surface area contributed by atoms with E-state index in [0.29, 0.717) is 0 Å². The SMILES string of the molecule is Cc1c(SN2CCn3ccnc3C2)cc(C=O)n1C. The molecule has 0 radical (unpaired) electrons. The quantitative estimate of drug-likeness (QED) is 0.634. The molecule has 0 saturated heterocycles. The highest BCUT2D eigenvalue weighted by Crippen LogP contribution is 2.30. The minimum atomic E-state index is 0.721. The maximum absolute atomic E-state index is 11.0. The van der Waals surface area contributed by atoms with Gasteiger partial charge in [0.05, 0.1) is 12.2 Å². The molecular weight excluding hydrogens is 260 g/mol. The van der Waals surface area contributed by atoms with Crippen molar-refractivity contribution in [2.24, 2.45) is 7.05 Å². The van der Waals surface area contributed by atoms with E-state index in [9.17, 15) is 4.79 Å². The first kappa shape index (κ1) is 12.5. The Morgan fingerprint density at radius 3 is 3.00 bits per heavy atom. The molecule has 3 rings (SSSR count). The van der Waals surface area contributed by atoms with E-state index in [1.807, 2.05) is 37.0 Å². The molecule has 19 heavy (non-hydrogen) atoms. The normalized spacial score (nSPS) is 15.5. The molecule has 0 spiro atoms. The lowest BCUT2D eigenvalue weighted by molar-refractivity contribution is 0.111. The fourth-order valence-electron chi connectivity index (χ4n) is 2.27. The van der Waals surface area contributed by atoms with Crippen LogP contribution >= 0.6 is 11.9 Å². The molecule has 0 fully saturated rings. The van der Waals surface area contributed by atoms with E-state index in [4.69, 9.17) is 0 Å². The summed E-state index contributed by atoms with van der Waals surface area (Å²) in [6.45, 7) is 4.83. The van der Waals surface area contributed by atoms with Crippen LogP contribution in [-0.2, 0) is 20.1 Å². The summed E-state index contributed by atoms with van der Waals surface area (Å²) in [6.07, 6.45) is 4.78. The lowest BCUT2D eigenvalue weighted by Gasteiger charge is -2.26. The van der Waals surface area contributed by atoms with Crippen LogP contribution in [0, 0.1) is 6.92 Å². The number of carbonyl (C=O) groups excluding carboxylic acids is 1. The minimum absolute atomic E-state index is 0.721. The van der Waals surface area contributed by atoms with Gasteiger partial charge in [-0.2, -0.15) is 0 Å². The zero-order valence-corrected chi connectivity index (χ0v) is 11.9. The van der Waals surface area contributed by atoms with E-state index in [-0.39, 0.29) is 0 Å². The van der Waals surface area contributed by atoms with Gasteiger partial charge in [-0.15, -0.1) is 0 Å². The van der Waals surface area contributed by atoms with E-state index in [1.165, 1.54) is 0 Å². The summed E-state index contributed by atoms with van der Waals surface area (Å²) in [5, 5.41) is 0. The molecule has 6 heteroatoms. The second-order valence-corrected chi connectivity index (χ2v) is 5.83. The Morgan fingerprint density at radius 2 is 2.26 bits per heavy atom. The van der Waals surface area contributed by atoms with E-state index < -0.39 is 0 Å². The van der Waals surface area contributed by atoms with Crippen molar-refractivity contribution in [3.05, 3.63) is 35.7 Å². The third-order valence-electron chi connectivity index (χ3n) is 3.58. The summed E-state index contributed by atoms with van der Waals surface area (Å²) < 4.78 is 6.41. The van der Waals surface area contributed by atoms with Crippen LogP contribution in [0.5, 0.6) is 0 Å². The molecule has 1 aliphatic heterocycles. The highest BCUT2D eigenvalue weighted by atomic mass is 32.2. The highest BCUT2D eigenvalue weighted by molar-refractivity contribution is 7.97. The first-order valence-electron chi connectivity index (χ1n) is 6.23. The summed E-state index contributed by atoms with van der Waals surface area (Å²) in [5.41, 5.74) is 1.85. The average Bonchev–Trinajstić information content (AvgIpc) is 2.98. The Morgan fingerprint density at radius 1 is 1.42 bits per heavy atom. The molecule has 0 aromatic carbocycles. The van der Waals surface area contributed by atoms with Gasteiger partial charge in [-0.1, -0.05) is 0 Å². The molecule has 2 aromatic rings. The molecular formula is C13H16N4OS. The molecule has 0 unspecified atom stereocenters. The molecule has 0 atom stereocenters. The van der Waals surface area contributed by atoms with Gasteiger partial charge in [0.2, 0.25) is 0 Å². The van der Waals surface area contributed by atoms with Gasteiger partial charge in [0.25, 0.3) is 0 Å². The molecule has 0 N–H and O–H groups in total. The standard InChI is InChI=1S/C13H16N4OS/c1-10-12(7-11(9-18)15(10)2)19-17-6-5-16-4-3-14-13(16)8-17/h3-4,7,9H,5-6,8H2,1-2H3. The third kappa shape index (κ3) is 2.21. The van der Waals surface area contributed by atoms with Crippen LogP contribution < -0.4 is 0 Å². The third-order valence-corrected chi connectivity index (χ3v) is 4.76. The van der Waals surface area contributed by atoms with Crippen LogP contribution in [0.3, 0.4) is 0 Å². The molecule has 0 aliphatic carbocycles. The summed E-state index contributed by atoms with van der Waals surface area (Å²) in [5.74, 6) is 1.10.